The first-order valence-electron chi connectivity index (χ1n) is 5.68. The number of carboxylic acids is 1. The van der Waals surface area contributed by atoms with Crippen molar-refractivity contribution in [2.45, 2.75) is 43.9 Å². The Labute approximate surface area is 109 Å². The molecule has 0 amide bonds. The first-order valence-corrected chi connectivity index (χ1v) is 6.67. The largest absolute Gasteiger partial charge is 0.480 e. The molecule has 1 rings (SSSR count). The summed E-state index contributed by atoms with van der Waals surface area (Å²) < 4.78 is 1.53. The van der Waals surface area contributed by atoms with Crippen LogP contribution in [-0.2, 0) is 11.3 Å². The summed E-state index contributed by atoms with van der Waals surface area (Å²) in [5, 5.41) is 15.7. The van der Waals surface area contributed by atoms with Crippen molar-refractivity contribution < 1.29 is 9.90 Å². The van der Waals surface area contributed by atoms with Crippen LogP contribution in [0.1, 0.15) is 26.7 Å². The zero-order chi connectivity index (χ0) is 13.8. The van der Waals surface area contributed by atoms with Gasteiger partial charge in [-0.25, -0.2) is 9.89 Å². The normalized spacial score (nSPS) is 14.4. The summed E-state index contributed by atoms with van der Waals surface area (Å²) in [6.45, 7) is 3.92. The fourth-order valence-corrected chi connectivity index (χ4v) is 2.35. The van der Waals surface area contributed by atoms with Gasteiger partial charge in [0.2, 0.25) is 0 Å². The molecular formula is C10H18N4O3S. The van der Waals surface area contributed by atoms with Crippen LogP contribution in [0, 0.1) is 0 Å². The molecule has 7 nitrogen and oxygen atoms in total. The van der Waals surface area contributed by atoms with Crippen LogP contribution < -0.4 is 11.4 Å². The Morgan fingerprint density at radius 2 is 2.33 bits per heavy atom. The summed E-state index contributed by atoms with van der Waals surface area (Å²) in [5.41, 5.74) is 4.19. The van der Waals surface area contributed by atoms with E-state index < -0.39 is 11.5 Å². The van der Waals surface area contributed by atoms with E-state index in [0.29, 0.717) is 30.3 Å². The lowest BCUT2D eigenvalue weighted by Gasteiger charge is -2.18. The second-order valence-electron chi connectivity index (χ2n) is 4.23. The van der Waals surface area contributed by atoms with Gasteiger partial charge in [0.05, 0.1) is 0 Å². The topological polar surface area (TPSA) is 114 Å². The van der Waals surface area contributed by atoms with Crippen LogP contribution in [0.2, 0.25) is 0 Å². The molecule has 1 heterocycles. The van der Waals surface area contributed by atoms with Gasteiger partial charge in [0, 0.05) is 12.3 Å². The molecule has 4 N–H and O–H groups in total. The third-order valence-corrected chi connectivity index (χ3v) is 3.66. The fraction of sp³-hybridized carbons (Fsp3) is 0.700. The molecule has 102 valence electrons. The van der Waals surface area contributed by atoms with Gasteiger partial charge in [-0.15, -0.1) is 5.10 Å². The van der Waals surface area contributed by atoms with E-state index in [0.717, 1.165) is 0 Å². The SMILES string of the molecule is CCn1c(SCCCC(C)(N)C(=O)O)n[nH]c1=O. The second-order valence-corrected chi connectivity index (χ2v) is 5.29. The van der Waals surface area contributed by atoms with E-state index in [9.17, 15) is 9.59 Å². The number of nitrogens with two attached hydrogens (primary N) is 1. The maximum Gasteiger partial charge on any atom is 0.343 e. The molecule has 0 bridgehead atoms. The smallest absolute Gasteiger partial charge is 0.343 e. The third-order valence-electron chi connectivity index (χ3n) is 2.60. The van der Waals surface area contributed by atoms with E-state index in [1.807, 2.05) is 6.92 Å². The minimum atomic E-state index is -1.20. The molecule has 0 spiro atoms. The number of nitrogens with one attached hydrogen (secondary N) is 1. The van der Waals surface area contributed by atoms with E-state index in [-0.39, 0.29) is 5.69 Å². The molecule has 0 aliphatic carbocycles. The highest BCUT2D eigenvalue weighted by atomic mass is 32.2. The number of H-pyrrole nitrogens is 1. The van der Waals surface area contributed by atoms with Crippen molar-refractivity contribution in [1.82, 2.24) is 14.8 Å². The average Bonchev–Trinajstić information content (AvgIpc) is 2.65. The first-order chi connectivity index (χ1) is 8.38. The van der Waals surface area contributed by atoms with E-state index in [4.69, 9.17) is 10.8 Å². The third kappa shape index (κ3) is 3.61. The quantitative estimate of drug-likeness (QED) is 0.485. The van der Waals surface area contributed by atoms with E-state index in [2.05, 4.69) is 10.2 Å². The number of aromatic amines is 1. The van der Waals surface area contributed by atoms with E-state index in [1.54, 1.807) is 0 Å². The summed E-state index contributed by atoms with van der Waals surface area (Å²) >= 11 is 1.42. The molecule has 8 heteroatoms. The highest BCUT2D eigenvalue weighted by Gasteiger charge is 2.26. The number of aliphatic carboxylic acids is 1. The van der Waals surface area contributed by atoms with Gasteiger partial charge in [-0.05, 0) is 26.7 Å². The van der Waals surface area contributed by atoms with Crippen LogP contribution >= 0.6 is 11.8 Å². The van der Waals surface area contributed by atoms with Gasteiger partial charge in [-0.2, -0.15) is 0 Å². The van der Waals surface area contributed by atoms with Gasteiger partial charge in [0.1, 0.15) is 5.54 Å². The molecule has 0 fully saturated rings. The molecule has 1 aromatic rings. The highest BCUT2D eigenvalue weighted by molar-refractivity contribution is 7.99. The lowest BCUT2D eigenvalue weighted by atomic mass is 9.98. The summed E-state index contributed by atoms with van der Waals surface area (Å²) in [6, 6.07) is 0. The lowest BCUT2D eigenvalue weighted by Crippen LogP contribution is -2.44. The van der Waals surface area contributed by atoms with Crippen molar-refractivity contribution in [2.75, 3.05) is 5.75 Å². The summed E-state index contributed by atoms with van der Waals surface area (Å²) in [5.74, 6) is -0.331. The second kappa shape index (κ2) is 6.05. The van der Waals surface area contributed by atoms with Gasteiger partial charge in [0.15, 0.2) is 5.16 Å². The molecule has 1 atom stereocenters. The van der Waals surface area contributed by atoms with Crippen LogP contribution in [0.5, 0.6) is 0 Å². The van der Waals surface area contributed by atoms with Crippen LogP contribution in [0.25, 0.3) is 0 Å². The monoisotopic (exact) mass is 274 g/mol. The van der Waals surface area contributed by atoms with Gasteiger partial charge in [-0.3, -0.25) is 9.36 Å². The number of thioether (sulfide) groups is 1. The number of carboxylic acid groups (broad SMARTS) is 1. The Morgan fingerprint density at radius 1 is 1.67 bits per heavy atom. The predicted molar refractivity (Wildman–Crippen MR) is 68.7 cm³/mol. The molecule has 0 aromatic carbocycles. The Balaban J connectivity index is 2.43. The number of carbonyl (C=O) groups is 1. The molecule has 0 saturated heterocycles. The standard InChI is InChI=1S/C10H18N4O3S/c1-3-14-8(17)12-13-9(14)18-6-4-5-10(2,11)7(15)16/h3-6,11H2,1-2H3,(H,12,17)(H,15,16). The first kappa shape index (κ1) is 14.8. The molecule has 0 aliphatic rings. The van der Waals surface area contributed by atoms with E-state index in [1.165, 1.54) is 23.3 Å². The number of hydrogen-bond donors (Lipinski definition) is 3. The lowest BCUT2D eigenvalue weighted by molar-refractivity contribution is -0.142. The Hall–Kier alpha value is -1.28. The number of rotatable bonds is 7. The minimum absolute atomic E-state index is 0.228. The van der Waals surface area contributed by atoms with Crippen molar-refractivity contribution in [1.29, 1.82) is 0 Å². The zero-order valence-corrected chi connectivity index (χ0v) is 11.3. The van der Waals surface area contributed by atoms with E-state index >= 15 is 0 Å². The van der Waals surface area contributed by atoms with Crippen LogP contribution in [0.4, 0.5) is 0 Å². The maximum atomic E-state index is 11.3. The molecular weight excluding hydrogens is 256 g/mol. The van der Waals surface area contributed by atoms with Crippen molar-refractivity contribution >= 4 is 17.7 Å². The molecule has 1 unspecified atom stereocenters. The van der Waals surface area contributed by atoms with Gasteiger partial charge >= 0.3 is 11.7 Å². The van der Waals surface area contributed by atoms with Gasteiger partial charge in [0.25, 0.3) is 0 Å². The average molecular weight is 274 g/mol. The molecule has 0 saturated carbocycles. The minimum Gasteiger partial charge on any atom is -0.480 e. The fourth-order valence-electron chi connectivity index (χ4n) is 1.40. The van der Waals surface area contributed by atoms with Crippen molar-refractivity contribution in [2.24, 2.45) is 5.73 Å². The van der Waals surface area contributed by atoms with Gasteiger partial charge in [-0.1, -0.05) is 11.8 Å². The number of hydrogen-bond acceptors (Lipinski definition) is 5. The summed E-state index contributed by atoms with van der Waals surface area (Å²) in [6.07, 6.45) is 1.03. The molecule has 0 radical (unpaired) electrons. The summed E-state index contributed by atoms with van der Waals surface area (Å²) in [7, 11) is 0. The highest BCUT2D eigenvalue weighted by Crippen LogP contribution is 2.17. The Kier molecular flexibility index (Phi) is 4.97. The van der Waals surface area contributed by atoms with Crippen LogP contribution in [0.15, 0.2) is 9.95 Å². The van der Waals surface area contributed by atoms with Crippen molar-refractivity contribution in [3.63, 3.8) is 0 Å². The number of nitrogens with zero attached hydrogens (tertiary/aromatic N) is 2. The summed E-state index contributed by atoms with van der Waals surface area (Å²) in [4.78, 5) is 22.1. The Bertz CT molecular complexity index is 466. The predicted octanol–water partition coefficient (Wildman–Crippen LogP) is 0.266. The Morgan fingerprint density at radius 3 is 2.89 bits per heavy atom. The molecule has 0 aliphatic heterocycles. The van der Waals surface area contributed by atoms with Gasteiger partial charge < -0.3 is 10.8 Å². The van der Waals surface area contributed by atoms with Crippen LogP contribution in [0.3, 0.4) is 0 Å². The zero-order valence-electron chi connectivity index (χ0n) is 10.5. The van der Waals surface area contributed by atoms with Crippen molar-refractivity contribution in [3.8, 4) is 0 Å². The molecule has 18 heavy (non-hydrogen) atoms. The van der Waals surface area contributed by atoms with Crippen molar-refractivity contribution in [3.05, 3.63) is 10.5 Å². The molecule has 1 aromatic heterocycles. The number of aromatic nitrogens is 3. The van der Waals surface area contributed by atoms with Crippen LogP contribution in [-0.4, -0.2) is 37.1 Å². The maximum absolute atomic E-state index is 11.3.